The summed E-state index contributed by atoms with van der Waals surface area (Å²) in [4.78, 5) is 14.5. The largest absolute Gasteiger partial charge is 0.417 e. The van der Waals surface area contributed by atoms with E-state index in [9.17, 15) is 9.90 Å². The van der Waals surface area contributed by atoms with E-state index < -0.39 is 19.3 Å². The molecule has 0 bridgehead atoms. The highest BCUT2D eigenvalue weighted by atomic mass is 28.4. The molecule has 1 aromatic rings. The first kappa shape index (κ1) is 31.4. The molecule has 1 N–H and O–H groups in total. The van der Waals surface area contributed by atoms with E-state index >= 15 is 0 Å². The molecule has 1 saturated heterocycles. The minimum Gasteiger partial charge on any atom is -0.417 e. The van der Waals surface area contributed by atoms with E-state index in [1.54, 1.807) is 0 Å². The molecule has 42 heavy (non-hydrogen) atoms. The molecule has 3 aliphatic carbocycles. The van der Waals surface area contributed by atoms with Crippen molar-refractivity contribution in [1.82, 2.24) is 0 Å². The first-order chi connectivity index (χ1) is 19.6. The fraction of sp³-hybridized carbons (Fsp3) is 0.639. The number of benzene rings is 1. The van der Waals surface area contributed by atoms with Crippen LogP contribution in [0.2, 0.25) is 18.1 Å². The maximum atomic E-state index is 12.5. The lowest BCUT2D eigenvalue weighted by Gasteiger charge is -2.46. The van der Waals surface area contributed by atoms with Crippen LogP contribution in [0.3, 0.4) is 0 Å². The van der Waals surface area contributed by atoms with E-state index in [0.717, 1.165) is 42.5 Å². The number of nitrogens with zero attached hydrogens (tertiary/aromatic N) is 1. The highest BCUT2D eigenvalue weighted by molar-refractivity contribution is 6.74. The Morgan fingerprint density at radius 1 is 1.14 bits per heavy atom. The van der Waals surface area contributed by atoms with Gasteiger partial charge in [-0.1, -0.05) is 46.4 Å². The number of aliphatic hydroxyl groups is 1. The molecule has 0 radical (unpaired) electrons. The van der Waals surface area contributed by atoms with Crippen molar-refractivity contribution in [2.75, 3.05) is 32.2 Å². The van der Waals surface area contributed by atoms with E-state index in [-0.39, 0.29) is 22.8 Å². The third-order valence-electron chi connectivity index (χ3n) is 11.7. The Balaban J connectivity index is 1.49. The molecule has 1 heterocycles. The second kappa shape index (κ2) is 11.2. The molecule has 4 aliphatic rings. The van der Waals surface area contributed by atoms with Gasteiger partial charge in [0.25, 0.3) is 0 Å². The van der Waals surface area contributed by atoms with Gasteiger partial charge in [-0.2, -0.15) is 0 Å². The zero-order valence-corrected chi connectivity index (χ0v) is 28.3. The Hall–Kier alpha value is -1.99. The van der Waals surface area contributed by atoms with E-state index in [4.69, 9.17) is 9.16 Å². The minimum atomic E-state index is -1.89. The quantitative estimate of drug-likeness (QED) is 0.258. The van der Waals surface area contributed by atoms with E-state index in [1.165, 1.54) is 16.7 Å². The summed E-state index contributed by atoms with van der Waals surface area (Å²) in [5.74, 6) is 0.834. The second-order valence-corrected chi connectivity index (χ2v) is 20.1. The summed E-state index contributed by atoms with van der Waals surface area (Å²) in [6.07, 6.45) is 7.30. The predicted octanol–water partition coefficient (Wildman–Crippen LogP) is 7.94. The van der Waals surface area contributed by atoms with Crippen molar-refractivity contribution >= 4 is 19.8 Å². The number of anilines is 1. The maximum Gasteiger partial charge on any atom is 0.191 e. The third kappa shape index (κ3) is 5.31. The molecule has 5 rings (SSSR count). The molecule has 0 spiro atoms. The Morgan fingerprint density at radius 2 is 1.83 bits per heavy atom. The average molecular weight is 592 g/mol. The summed E-state index contributed by atoms with van der Waals surface area (Å²) < 4.78 is 13.5. The molecule has 1 aliphatic heterocycles. The monoisotopic (exact) mass is 591 g/mol. The van der Waals surface area contributed by atoms with Crippen LogP contribution in [0, 0.1) is 17.3 Å². The van der Waals surface area contributed by atoms with Crippen LogP contribution in [0.4, 0.5) is 5.69 Å². The normalized spacial score (nSPS) is 31.6. The Labute approximate surface area is 255 Å². The third-order valence-corrected chi connectivity index (χ3v) is 16.2. The first-order valence-electron chi connectivity index (χ1n) is 16.0. The van der Waals surface area contributed by atoms with Crippen molar-refractivity contribution in [2.45, 2.75) is 102 Å². The van der Waals surface area contributed by atoms with Crippen molar-refractivity contribution < 1.29 is 19.1 Å². The Morgan fingerprint density at radius 3 is 2.48 bits per heavy atom. The number of allylic oxidation sites excluding steroid dienone is 3. The Kier molecular flexibility index (Phi) is 8.36. The van der Waals surface area contributed by atoms with Crippen LogP contribution in [0.5, 0.6) is 0 Å². The van der Waals surface area contributed by atoms with Crippen LogP contribution in [0.25, 0.3) is 0 Å². The number of fused-ring (bicyclic) bond motifs is 4. The standard InChI is InChI=1S/C36H53NO4Si/c1-24(19-21-41-42(8,9)34(2,3)4)36(39)20-18-31-30-16-12-26-22-28(38)15-17-29(26)32(30)33(40-23-35(31,36)5)25-10-13-27(14-11-25)37(6)7/h10-11,13-14,22,30-31,33,39H,1,12,15-21,23H2,2-9H3. The van der Waals surface area contributed by atoms with Crippen LogP contribution in [0.1, 0.15) is 84.3 Å². The van der Waals surface area contributed by atoms with Crippen molar-refractivity contribution in [3.63, 3.8) is 0 Å². The summed E-state index contributed by atoms with van der Waals surface area (Å²) in [5, 5.41) is 12.7. The van der Waals surface area contributed by atoms with Gasteiger partial charge in [-0.05, 0) is 115 Å². The number of hydrogen-bond acceptors (Lipinski definition) is 5. The number of rotatable bonds is 7. The topological polar surface area (TPSA) is 59.0 Å². The smallest absolute Gasteiger partial charge is 0.191 e. The molecule has 1 aromatic carbocycles. The molecule has 5 nitrogen and oxygen atoms in total. The zero-order valence-electron chi connectivity index (χ0n) is 27.3. The molecule has 5 atom stereocenters. The molecule has 0 aromatic heterocycles. The summed E-state index contributed by atoms with van der Waals surface area (Å²) in [7, 11) is 2.23. The Bertz CT molecular complexity index is 1290. The SMILES string of the molecule is C=C(CCO[Si](C)(C)C(C)(C)C)C1(O)CCC2C3CCC4=CC(=O)CCC4=C3C(c3ccc(N(C)C)cc3)OCC21C. The zero-order chi connectivity index (χ0) is 30.7. The summed E-state index contributed by atoms with van der Waals surface area (Å²) in [5.41, 5.74) is 5.64. The van der Waals surface area contributed by atoms with Crippen molar-refractivity contribution in [3.05, 3.63) is 64.8 Å². The van der Waals surface area contributed by atoms with Crippen LogP contribution >= 0.6 is 0 Å². The number of ketones is 1. The van der Waals surface area contributed by atoms with Crippen molar-refractivity contribution in [3.8, 4) is 0 Å². The lowest BCUT2D eigenvalue weighted by Crippen LogP contribution is -2.50. The summed E-state index contributed by atoms with van der Waals surface area (Å²) >= 11 is 0. The average Bonchev–Trinajstić information content (AvgIpc) is 3.10. The molecule has 0 amide bonds. The second-order valence-electron chi connectivity index (χ2n) is 15.3. The fourth-order valence-electron chi connectivity index (χ4n) is 7.93. The van der Waals surface area contributed by atoms with E-state index in [2.05, 4.69) is 90.6 Å². The first-order valence-corrected chi connectivity index (χ1v) is 18.9. The van der Waals surface area contributed by atoms with Crippen molar-refractivity contribution in [2.24, 2.45) is 17.3 Å². The van der Waals surface area contributed by atoms with Crippen LogP contribution in [-0.4, -0.2) is 52.1 Å². The molecule has 230 valence electrons. The minimum absolute atomic E-state index is 0.145. The van der Waals surface area contributed by atoms with Gasteiger partial charge in [0.15, 0.2) is 14.1 Å². The highest BCUT2D eigenvalue weighted by Crippen LogP contribution is 2.63. The molecule has 1 saturated carbocycles. The number of carbonyl (C=O) groups excluding carboxylic acids is 1. The van der Waals surface area contributed by atoms with Crippen LogP contribution in [-0.2, 0) is 14.0 Å². The van der Waals surface area contributed by atoms with Gasteiger partial charge in [0, 0.05) is 38.2 Å². The van der Waals surface area contributed by atoms with E-state index in [0.29, 0.717) is 38.4 Å². The molecule has 2 fully saturated rings. The molecule has 6 heteroatoms. The highest BCUT2D eigenvalue weighted by Gasteiger charge is 2.62. The van der Waals surface area contributed by atoms with Gasteiger partial charge in [0.2, 0.25) is 0 Å². The summed E-state index contributed by atoms with van der Waals surface area (Å²) in [6, 6.07) is 8.72. The van der Waals surface area contributed by atoms with Crippen LogP contribution in [0.15, 0.2) is 59.2 Å². The molecule has 5 unspecified atom stereocenters. The maximum absolute atomic E-state index is 12.5. The van der Waals surface area contributed by atoms with Gasteiger partial charge in [0.05, 0.1) is 12.2 Å². The van der Waals surface area contributed by atoms with Crippen molar-refractivity contribution in [1.29, 1.82) is 0 Å². The molecular weight excluding hydrogens is 538 g/mol. The van der Waals surface area contributed by atoms with Gasteiger partial charge in [-0.25, -0.2) is 0 Å². The lowest BCUT2D eigenvalue weighted by atomic mass is 9.60. The van der Waals surface area contributed by atoms with Gasteiger partial charge in [-0.3, -0.25) is 4.79 Å². The predicted molar refractivity (Wildman–Crippen MR) is 174 cm³/mol. The van der Waals surface area contributed by atoms with Gasteiger partial charge in [-0.15, -0.1) is 0 Å². The van der Waals surface area contributed by atoms with Crippen LogP contribution < -0.4 is 4.90 Å². The van der Waals surface area contributed by atoms with E-state index in [1.807, 2.05) is 6.08 Å². The molecular formula is C36H53NO4Si. The number of carbonyl (C=O) groups is 1. The lowest BCUT2D eigenvalue weighted by molar-refractivity contribution is -0.114. The fourth-order valence-corrected chi connectivity index (χ4v) is 8.97. The number of ether oxygens (including phenoxy) is 1. The van der Waals surface area contributed by atoms with Gasteiger partial charge >= 0.3 is 0 Å². The van der Waals surface area contributed by atoms with Gasteiger partial charge in [0.1, 0.15) is 6.10 Å². The summed E-state index contributed by atoms with van der Waals surface area (Å²) in [6.45, 7) is 19.2. The van der Waals surface area contributed by atoms with Gasteiger partial charge < -0.3 is 19.2 Å². The number of hydrogen-bond donors (Lipinski definition) is 1.